The number of nitrogens with zero attached hydrogens (tertiary/aromatic N) is 2. The molecule has 0 aromatic carbocycles. The molecular weight excluding hydrogens is 196 g/mol. The molecule has 2 rings (SSSR count). The van der Waals surface area contributed by atoms with Gasteiger partial charge in [-0.2, -0.15) is 0 Å². The quantitative estimate of drug-likeness (QED) is 0.708. The van der Waals surface area contributed by atoms with E-state index in [4.69, 9.17) is 0 Å². The molecule has 0 N–H and O–H groups in total. The zero-order chi connectivity index (χ0) is 9.80. The van der Waals surface area contributed by atoms with Crippen molar-refractivity contribution >= 4 is 17.6 Å². The lowest BCUT2D eigenvalue weighted by atomic mass is 10.4. The number of aldehydes is 1. The predicted octanol–water partition coefficient (Wildman–Crippen LogP) is 1.59. The van der Waals surface area contributed by atoms with E-state index in [-0.39, 0.29) is 0 Å². The molecule has 1 saturated heterocycles. The number of carbonyl (C=O) groups excluding carboxylic acids is 1. The molecule has 0 aliphatic carbocycles. The third-order valence-electron chi connectivity index (χ3n) is 2.53. The van der Waals surface area contributed by atoms with Crippen LogP contribution >= 0.6 is 11.3 Å². The Balaban J connectivity index is 1.81. The average Bonchev–Trinajstić information content (AvgIpc) is 2.86. The third-order valence-corrected chi connectivity index (χ3v) is 3.46. The molecule has 14 heavy (non-hydrogen) atoms. The summed E-state index contributed by atoms with van der Waals surface area (Å²) in [4.78, 5) is 17.1. The summed E-state index contributed by atoms with van der Waals surface area (Å²) in [5.41, 5.74) is 0.575. The van der Waals surface area contributed by atoms with Gasteiger partial charge in [-0.25, -0.2) is 4.98 Å². The van der Waals surface area contributed by atoms with Gasteiger partial charge in [0.15, 0.2) is 6.29 Å². The summed E-state index contributed by atoms with van der Waals surface area (Å²) < 4.78 is 0. The van der Waals surface area contributed by atoms with Gasteiger partial charge in [-0.1, -0.05) is 0 Å². The molecule has 0 amide bonds. The summed E-state index contributed by atoms with van der Waals surface area (Å²) in [5.74, 6) is 0. The van der Waals surface area contributed by atoms with Crippen molar-refractivity contribution < 1.29 is 4.79 Å². The maximum atomic E-state index is 10.4. The summed E-state index contributed by atoms with van der Waals surface area (Å²) in [5, 5.41) is 2.91. The minimum atomic E-state index is 0.575. The predicted molar refractivity (Wildman–Crippen MR) is 56.9 cm³/mol. The highest BCUT2D eigenvalue weighted by Gasteiger charge is 2.11. The minimum Gasteiger partial charge on any atom is -0.303 e. The van der Waals surface area contributed by atoms with Crippen molar-refractivity contribution in [3.8, 4) is 0 Å². The summed E-state index contributed by atoms with van der Waals surface area (Å²) in [6, 6.07) is 0. The molecule has 0 atom stereocenters. The second kappa shape index (κ2) is 4.66. The van der Waals surface area contributed by atoms with Crippen LogP contribution in [0.2, 0.25) is 0 Å². The van der Waals surface area contributed by atoms with Crippen LogP contribution in [-0.2, 0) is 6.42 Å². The Hall–Kier alpha value is -0.740. The normalized spacial score (nSPS) is 17.4. The van der Waals surface area contributed by atoms with Gasteiger partial charge in [-0.05, 0) is 25.9 Å². The van der Waals surface area contributed by atoms with Gasteiger partial charge in [0.2, 0.25) is 0 Å². The monoisotopic (exact) mass is 210 g/mol. The van der Waals surface area contributed by atoms with Crippen molar-refractivity contribution in [3.05, 3.63) is 16.1 Å². The van der Waals surface area contributed by atoms with Crippen LogP contribution in [-0.4, -0.2) is 35.8 Å². The summed E-state index contributed by atoms with van der Waals surface area (Å²) >= 11 is 1.59. The van der Waals surface area contributed by atoms with Crippen LogP contribution < -0.4 is 0 Å². The first-order valence-corrected chi connectivity index (χ1v) is 5.88. The van der Waals surface area contributed by atoms with Crippen molar-refractivity contribution in [2.24, 2.45) is 0 Å². The first kappa shape index (κ1) is 9.80. The molecule has 1 aromatic rings. The molecule has 2 heterocycles. The third kappa shape index (κ3) is 2.39. The second-order valence-electron chi connectivity index (χ2n) is 3.58. The lowest BCUT2D eigenvalue weighted by Crippen LogP contribution is -2.21. The molecule has 76 valence electrons. The van der Waals surface area contributed by atoms with Gasteiger partial charge < -0.3 is 4.90 Å². The zero-order valence-electron chi connectivity index (χ0n) is 8.11. The highest BCUT2D eigenvalue weighted by Crippen LogP contribution is 2.12. The Bertz CT molecular complexity index is 305. The summed E-state index contributed by atoms with van der Waals surface area (Å²) in [6.07, 6.45) is 4.46. The second-order valence-corrected chi connectivity index (χ2v) is 4.53. The number of carbonyl (C=O) groups is 1. The van der Waals surface area contributed by atoms with Gasteiger partial charge in [0, 0.05) is 18.3 Å². The Morgan fingerprint density at radius 3 is 2.93 bits per heavy atom. The Morgan fingerprint density at radius 2 is 2.29 bits per heavy atom. The van der Waals surface area contributed by atoms with Gasteiger partial charge in [0.25, 0.3) is 0 Å². The lowest BCUT2D eigenvalue weighted by Gasteiger charge is -2.12. The fourth-order valence-corrected chi connectivity index (χ4v) is 2.49. The Labute approximate surface area is 87.8 Å². The van der Waals surface area contributed by atoms with Crippen LogP contribution in [0.25, 0.3) is 0 Å². The van der Waals surface area contributed by atoms with Crippen LogP contribution in [0.15, 0.2) is 5.38 Å². The van der Waals surface area contributed by atoms with E-state index in [1.165, 1.54) is 25.9 Å². The van der Waals surface area contributed by atoms with E-state index in [1.807, 2.05) is 5.38 Å². The van der Waals surface area contributed by atoms with Gasteiger partial charge >= 0.3 is 0 Å². The number of rotatable bonds is 4. The van der Waals surface area contributed by atoms with E-state index in [0.29, 0.717) is 5.69 Å². The van der Waals surface area contributed by atoms with Crippen molar-refractivity contribution in [3.63, 3.8) is 0 Å². The zero-order valence-corrected chi connectivity index (χ0v) is 8.92. The van der Waals surface area contributed by atoms with Gasteiger partial charge in [-0.3, -0.25) is 4.79 Å². The largest absolute Gasteiger partial charge is 0.303 e. The SMILES string of the molecule is O=Cc1csc(CCN2CCCC2)n1. The van der Waals surface area contributed by atoms with Gasteiger partial charge in [0.1, 0.15) is 5.69 Å². The smallest absolute Gasteiger partial charge is 0.169 e. The Kier molecular flexibility index (Phi) is 3.26. The molecule has 1 aliphatic rings. The number of hydrogen-bond donors (Lipinski definition) is 0. The van der Waals surface area contributed by atoms with E-state index in [9.17, 15) is 4.79 Å². The van der Waals surface area contributed by atoms with Crippen LogP contribution in [0.3, 0.4) is 0 Å². The maximum absolute atomic E-state index is 10.4. The molecule has 0 saturated carbocycles. The van der Waals surface area contributed by atoms with E-state index < -0.39 is 0 Å². The van der Waals surface area contributed by atoms with Crippen LogP contribution in [0.5, 0.6) is 0 Å². The summed E-state index contributed by atoms with van der Waals surface area (Å²) in [7, 11) is 0. The average molecular weight is 210 g/mol. The molecule has 1 aliphatic heterocycles. The fourth-order valence-electron chi connectivity index (χ4n) is 1.75. The van der Waals surface area contributed by atoms with Crippen molar-refractivity contribution in [2.45, 2.75) is 19.3 Å². The highest BCUT2D eigenvalue weighted by molar-refractivity contribution is 7.09. The van der Waals surface area contributed by atoms with Crippen molar-refractivity contribution in [2.75, 3.05) is 19.6 Å². The van der Waals surface area contributed by atoms with Crippen molar-refractivity contribution in [1.82, 2.24) is 9.88 Å². The number of hydrogen-bond acceptors (Lipinski definition) is 4. The molecule has 4 heteroatoms. The highest BCUT2D eigenvalue weighted by atomic mass is 32.1. The number of aromatic nitrogens is 1. The lowest BCUT2D eigenvalue weighted by molar-refractivity contribution is 0.111. The molecule has 0 radical (unpaired) electrons. The van der Waals surface area contributed by atoms with Crippen molar-refractivity contribution in [1.29, 1.82) is 0 Å². The molecule has 0 bridgehead atoms. The van der Waals surface area contributed by atoms with E-state index >= 15 is 0 Å². The van der Waals surface area contributed by atoms with Gasteiger partial charge in [0.05, 0.1) is 5.01 Å². The molecule has 0 unspecified atom stereocenters. The summed E-state index contributed by atoms with van der Waals surface area (Å²) in [6.45, 7) is 3.55. The molecule has 3 nitrogen and oxygen atoms in total. The Morgan fingerprint density at radius 1 is 1.50 bits per heavy atom. The number of likely N-dealkylation sites (tertiary alicyclic amines) is 1. The fraction of sp³-hybridized carbons (Fsp3) is 0.600. The van der Waals surface area contributed by atoms with E-state index in [1.54, 1.807) is 11.3 Å². The van der Waals surface area contributed by atoms with E-state index in [2.05, 4.69) is 9.88 Å². The van der Waals surface area contributed by atoms with Crippen LogP contribution in [0.1, 0.15) is 28.3 Å². The molecule has 0 spiro atoms. The molecule has 1 aromatic heterocycles. The first-order valence-electron chi connectivity index (χ1n) is 5.00. The number of thiazole rings is 1. The standard InChI is InChI=1S/C10H14N2OS/c13-7-9-8-14-10(11-9)3-6-12-4-1-2-5-12/h7-8H,1-6H2. The van der Waals surface area contributed by atoms with E-state index in [0.717, 1.165) is 24.3 Å². The molecule has 1 fully saturated rings. The maximum Gasteiger partial charge on any atom is 0.169 e. The topological polar surface area (TPSA) is 33.2 Å². The minimum absolute atomic E-state index is 0.575. The molecular formula is C10H14N2OS. The van der Waals surface area contributed by atoms with Crippen LogP contribution in [0.4, 0.5) is 0 Å². The first-order chi connectivity index (χ1) is 6.88. The van der Waals surface area contributed by atoms with Crippen LogP contribution in [0, 0.1) is 0 Å². The van der Waals surface area contributed by atoms with Gasteiger partial charge in [-0.15, -0.1) is 11.3 Å².